The van der Waals surface area contributed by atoms with Crippen LogP contribution in [-0.2, 0) is 14.8 Å². The number of nitrogens with zero attached hydrogens (tertiary/aromatic N) is 1. The Kier molecular flexibility index (Phi) is 5.75. The van der Waals surface area contributed by atoms with Crippen molar-refractivity contribution in [1.82, 2.24) is 9.62 Å². The molecule has 0 aliphatic carbocycles. The first-order valence-electron chi connectivity index (χ1n) is 7.47. The predicted molar refractivity (Wildman–Crippen MR) is 82.7 cm³/mol. The zero-order valence-electron chi connectivity index (χ0n) is 12.7. The van der Waals surface area contributed by atoms with E-state index >= 15 is 0 Å². The van der Waals surface area contributed by atoms with Crippen molar-refractivity contribution < 1.29 is 13.2 Å². The summed E-state index contributed by atoms with van der Waals surface area (Å²) >= 11 is 0. The van der Waals surface area contributed by atoms with Crippen molar-refractivity contribution in [3.8, 4) is 0 Å². The molecule has 118 valence electrons. The zero-order chi connectivity index (χ0) is 15.3. The largest absolute Gasteiger partial charge is 0.379 e. The van der Waals surface area contributed by atoms with Crippen LogP contribution < -0.4 is 5.32 Å². The van der Waals surface area contributed by atoms with Crippen LogP contribution in [0.15, 0.2) is 29.2 Å². The number of rotatable bonds is 6. The Morgan fingerprint density at radius 1 is 1.33 bits per heavy atom. The van der Waals surface area contributed by atoms with Gasteiger partial charge < -0.3 is 10.1 Å². The number of nitrogens with one attached hydrogen (secondary N) is 1. The van der Waals surface area contributed by atoms with Crippen LogP contribution in [0.5, 0.6) is 0 Å². The highest BCUT2D eigenvalue weighted by atomic mass is 32.2. The van der Waals surface area contributed by atoms with Crippen molar-refractivity contribution in [2.45, 2.75) is 31.2 Å². The first-order chi connectivity index (χ1) is 10.1. The zero-order valence-corrected chi connectivity index (χ0v) is 13.5. The van der Waals surface area contributed by atoms with Crippen LogP contribution in [0, 0.1) is 0 Å². The van der Waals surface area contributed by atoms with Gasteiger partial charge in [0.1, 0.15) is 0 Å². The molecule has 1 saturated heterocycles. The van der Waals surface area contributed by atoms with E-state index in [0.717, 1.165) is 18.5 Å². The summed E-state index contributed by atoms with van der Waals surface area (Å²) in [4.78, 5) is 0.368. The van der Waals surface area contributed by atoms with Crippen LogP contribution in [0.3, 0.4) is 0 Å². The summed E-state index contributed by atoms with van der Waals surface area (Å²) in [5, 5.41) is 3.38. The fourth-order valence-corrected chi connectivity index (χ4v) is 3.82. The first kappa shape index (κ1) is 16.4. The van der Waals surface area contributed by atoms with Gasteiger partial charge in [0.25, 0.3) is 0 Å². The Labute approximate surface area is 127 Å². The molecule has 0 radical (unpaired) electrons. The van der Waals surface area contributed by atoms with E-state index in [-0.39, 0.29) is 6.04 Å². The summed E-state index contributed by atoms with van der Waals surface area (Å²) in [7, 11) is -3.41. The average molecular weight is 312 g/mol. The smallest absolute Gasteiger partial charge is 0.243 e. The molecular formula is C15H24N2O3S. The minimum Gasteiger partial charge on any atom is -0.379 e. The third kappa shape index (κ3) is 4.03. The Morgan fingerprint density at radius 3 is 2.71 bits per heavy atom. The van der Waals surface area contributed by atoms with Gasteiger partial charge in [-0.25, -0.2) is 8.42 Å². The van der Waals surface area contributed by atoms with E-state index in [1.807, 2.05) is 12.1 Å². The van der Waals surface area contributed by atoms with Gasteiger partial charge in [0.05, 0.1) is 18.1 Å². The third-order valence-electron chi connectivity index (χ3n) is 3.67. The summed E-state index contributed by atoms with van der Waals surface area (Å²) in [6.07, 6.45) is 1.05. The maximum absolute atomic E-state index is 12.6. The van der Waals surface area contributed by atoms with E-state index in [2.05, 4.69) is 19.2 Å². The molecule has 1 fully saturated rings. The summed E-state index contributed by atoms with van der Waals surface area (Å²) in [6.45, 7) is 6.87. The van der Waals surface area contributed by atoms with E-state index in [1.54, 1.807) is 12.1 Å². The van der Waals surface area contributed by atoms with Gasteiger partial charge in [-0.1, -0.05) is 19.1 Å². The van der Waals surface area contributed by atoms with Crippen molar-refractivity contribution >= 4 is 10.0 Å². The van der Waals surface area contributed by atoms with Gasteiger partial charge in [-0.05, 0) is 37.6 Å². The lowest BCUT2D eigenvalue weighted by Gasteiger charge is -2.26. The van der Waals surface area contributed by atoms with Crippen molar-refractivity contribution in [1.29, 1.82) is 0 Å². The lowest BCUT2D eigenvalue weighted by Crippen LogP contribution is -2.40. The predicted octanol–water partition coefficient (Wildman–Crippen LogP) is 1.77. The van der Waals surface area contributed by atoms with Crippen LogP contribution in [0.1, 0.15) is 31.9 Å². The molecule has 0 bridgehead atoms. The van der Waals surface area contributed by atoms with Crippen LogP contribution in [0.4, 0.5) is 0 Å². The molecule has 5 nitrogen and oxygen atoms in total. The van der Waals surface area contributed by atoms with Crippen molar-refractivity contribution in [3.05, 3.63) is 29.8 Å². The van der Waals surface area contributed by atoms with E-state index in [1.165, 1.54) is 4.31 Å². The van der Waals surface area contributed by atoms with Gasteiger partial charge in [-0.3, -0.25) is 0 Å². The monoisotopic (exact) mass is 312 g/mol. The molecule has 1 aromatic carbocycles. The normalized spacial score (nSPS) is 18.6. The molecule has 0 spiro atoms. The van der Waals surface area contributed by atoms with Gasteiger partial charge in [0.2, 0.25) is 10.0 Å². The first-order valence-corrected chi connectivity index (χ1v) is 8.91. The molecule has 1 aliphatic heterocycles. The third-order valence-corrected chi connectivity index (χ3v) is 5.56. The molecule has 0 aromatic heterocycles. The molecule has 1 unspecified atom stereocenters. The molecule has 1 heterocycles. The molecule has 0 amide bonds. The molecular weight excluding hydrogens is 288 g/mol. The van der Waals surface area contributed by atoms with Gasteiger partial charge in [-0.2, -0.15) is 4.31 Å². The lowest BCUT2D eigenvalue weighted by atomic mass is 10.1. The number of benzene rings is 1. The highest BCUT2D eigenvalue weighted by Gasteiger charge is 2.26. The number of sulfonamides is 1. The summed E-state index contributed by atoms with van der Waals surface area (Å²) in [5.74, 6) is 0. The Bertz CT molecular complexity index is 554. The minimum absolute atomic E-state index is 0.143. The van der Waals surface area contributed by atoms with Crippen molar-refractivity contribution in [2.75, 3.05) is 32.8 Å². The molecule has 1 N–H and O–H groups in total. The van der Waals surface area contributed by atoms with Gasteiger partial charge >= 0.3 is 0 Å². The van der Waals surface area contributed by atoms with E-state index in [0.29, 0.717) is 31.2 Å². The summed E-state index contributed by atoms with van der Waals surface area (Å²) in [6, 6.07) is 7.36. The second kappa shape index (κ2) is 7.35. The SMILES string of the molecule is CCCNC(C)c1cccc(S(=O)(=O)N2CCOCC2)c1. The van der Waals surface area contributed by atoms with Crippen LogP contribution >= 0.6 is 0 Å². The highest BCUT2D eigenvalue weighted by molar-refractivity contribution is 7.89. The lowest BCUT2D eigenvalue weighted by molar-refractivity contribution is 0.0730. The summed E-state index contributed by atoms with van der Waals surface area (Å²) < 4.78 is 32.0. The number of morpholine rings is 1. The highest BCUT2D eigenvalue weighted by Crippen LogP contribution is 2.21. The molecule has 6 heteroatoms. The number of ether oxygens (including phenoxy) is 1. The van der Waals surface area contributed by atoms with Crippen LogP contribution in [-0.4, -0.2) is 45.6 Å². The Morgan fingerprint density at radius 2 is 2.05 bits per heavy atom. The number of hydrogen-bond donors (Lipinski definition) is 1. The Balaban J connectivity index is 2.19. The molecule has 2 rings (SSSR count). The average Bonchev–Trinajstić information content (AvgIpc) is 2.53. The van der Waals surface area contributed by atoms with Gasteiger partial charge in [0, 0.05) is 19.1 Å². The molecule has 0 saturated carbocycles. The van der Waals surface area contributed by atoms with E-state index in [4.69, 9.17) is 4.74 Å². The molecule has 21 heavy (non-hydrogen) atoms. The number of hydrogen-bond acceptors (Lipinski definition) is 4. The van der Waals surface area contributed by atoms with Crippen molar-refractivity contribution in [3.63, 3.8) is 0 Å². The minimum atomic E-state index is -3.41. The van der Waals surface area contributed by atoms with Crippen LogP contribution in [0.25, 0.3) is 0 Å². The van der Waals surface area contributed by atoms with E-state index in [9.17, 15) is 8.42 Å². The van der Waals surface area contributed by atoms with Gasteiger partial charge in [0.15, 0.2) is 0 Å². The molecule has 1 aromatic rings. The fraction of sp³-hybridized carbons (Fsp3) is 0.600. The molecule has 1 aliphatic rings. The quantitative estimate of drug-likeness (QED) is 0.870. The Hall–Kier alpha value is -0.950. The maximum atomic E-state index is 12.6. The topological polar surface area (TPSA) is 58.6 Å². The van der Waals surface area contributed by atoms with E-state index < -0.39 is 10.0 Å². The van der Waals surface area contributed by atoms with Gasteiger partial charge in [-0.15, -0.1) is 0 Å². The van der Waals surface area contributed by atoms with Crippen molar-refractivity contribution in [2.24, 2.45) is 0 Å². The maximum Gasteiger partial charge on any atom is 0.243 e. The molecule has 1 atom stereocenters. The summed E-state index contributed by atoms with van der Waals surface area (Å²) in [5.41, 5.74) is 0.998. The second-order valence-corrected chi connectivity index (χ2v) is 7.20. The standard InChI is InChI=1S/C15H24N2O3S/c1-3-7-16-13(2)14-5-4-6-15(12-14)21(18,19)17-8-10-20-11-9-17/h4-6,12-13,16H,3,7-11H2,1-2H3. The van der Waals surface area contributed by atoms with Crippen LogP contribution in [0.2, 0.25) is 0 Å². The second-order valence-electron chi connectivity index (χ2n) is 5.26. The fourth-order valence-electron chi connectivity index (χ4n) is 2.36.